The average molecular weight is 338 g/mol. The van der Waals surface area contributed by atoms with E-state index in [4.69, 9.17) is 4.74 Å². The lowest BCUT2D eigenvalue weighted by atomic mass is 10.0. The number of benzene rings is 1. The van der Waals surface area contributed by atoms with Crippen molar-refractivity contribution in [1.82, 2.24) is 10.2 Å². The van der Waals surface area contributed by atoms with E-state index in [0.717, 1.165) is 27.5 Å². The molecule has 0 aliphatic rings. The van der Waals surface area contributed by atoms with Crippen LogP contribution in [0.1, 0.15) is 39.2 Å². The Bertz CT molecular complexity index is 567. The Labute approximate surface area is 140 Å². The first-order chi connectivity index (χ1) is 10.5. The highest BCUT2D eigenvalue weighted by molar-refractivity contribution is 8.01. The molecule has 2 aromatic rings. The largest absolute Gasteiger partial charge is 0.378 e. The van der Waals surface area contributed by atoms with Gasteiger partial charge in [0.2, 0.25) is 5.13 Å². The number of hydrogen-bond acceptors (Lipinski definition) is 6. The van der Waals surface area contributed by atoms with Crippen molar-refractivity contribution in [2.75, 3.05) is 17.7 Å². The Morgan fingerprint density at radius 2 is 1.86 bits per heavy atom. The number of thioether (sulfide) groups is 1. The van der Waals surface area contributed by atoms with Crippen molar-refractivity contribution in [2.45, 2.75) is 44.1 Å². The number of anilines is 2. The number of nitrogens with zero attached hydrogens (tertiary/aromatic N) is 2. The average Bonchev–Trinajstić information content (AvgIpc) is 2.91. The molecule has 1 aromatic carbocycles. The quantitative estimate of drug-likeness (QED) is 0.547. The maximum atomic E-state index is 5.52. The predicted molar refractivity (Wildman–Crippen MR) is 95.5 cm³/mol. The number of nitrogens with one attached hydrogen (secondary N) is 1. The van der Waals surface area contributed by atoms with Crippen LogP contribution in [0.5, 0.6) is 0 Å². The molecule has 0 bridgehead atoms. The lowest BCUT2D eigenvalue weighted by Gasteiger charge is -2.07. The van der Waals surface area contributed by atoms with Crippen LogP contribution in [0.2, 0.25) is 0 Å². The van der Waals surface area contributed by atoms with Gasteiger partial charge in [0.15, 0.2) is 4.34 Å². The molecule has 1 aromatic heterocycles. The number of hydrogen-bond donors (Lipinski definition) is 1. The zero-order chi connectivity index (χ0) is 15.9. The normalized spacial score (nSPS) is 11.4. The fourth-order valence-electron chi connectivity index (χ4n) is 1.81. The minimum Gasteiger partial charge on any atom is -0.378 e. The Hall–Kier alpha value is -1.11. The van der Waals surface area contributed by atoms with Crippen molar-refractivity contribution in [2.24, 2.45) is 0 Å². The van der Waals surface area contributed by atoms with Gasteiger partial charge in [-0.3, -0.25) is 0 Å². The molecule has 2 rings (SSSR count). The molecule has 0 aliphatic heterocycles. The highest BCUT2D eigenvalue weighted by Crippen LogP contribution is 2.28. The van der Waals surface area contributed by atoms with Crippen molar-refractivity contribution in [3.63, 3.8) is 0 Å². The van der Waals surface area contributed by atoms with Crippen LogP contribution in [-0.2, 0) is 4.74 Å². The number of aromatic nitrogens is 2. The van der Waals surface area contributed by atoms with Gasteiger partial charge in [0.25, 0.3) is 0 Å². The van der Waals surface area contributed by atoms with Gasteiger partial charge in [0.05, 0.1) is 12.7 Å². The van der Waals surface area contributed by atoms with Crippen LogP contribution in [0.25, 0.3) is 0 Å². The molecule has 0 aliphatic carbocycles. The van der Waals surface area contributed by atoms with Crippen LogP contribution in [0.4, 0.5) is 10.8 Å². The summed E-state index contributed by atoms with van der Waals surface area (Å²) in [6.45, 7) is 9.21. The topological polar surface area (TPSA) is 47.0 Å². The van der Waals surface area contributed by atoms with E-state index in [1.54, 1.807) is 23.1 Å². The van der Waals surface area contributed by atoms with Crippen LogP contribution < -0.4 is 5.32 Å². The first-order valence-electron chi connectivity index (χ1n) is 7.49. The fraction of sp³-hybridized carbons (Fsp3) is 0.500. The molecule has 0 saturated heterocycles. The molecule has 0 unspecified atom stereocenters. The van der Waals surface area contributed by atoms with Gasteiger partial charge >= 0.3 is 0 Å². The Morgan fingerprint density at radius 3 is 2.50 bits per heavy atom. The lowest BCUT2D eigenvalue weighted by Crippen LogP contribution is -2.05. The maximum absolute atomic E-state index is 5.52. The summed E-state index contributed by atoms with van der Waals surface area (Å²) in [6.07, 6.45) is 0.279. The van der Waals surface area contributed by atoms with Crippen LogP contribution >= 0.6 is 23.1 Å². The van der Waals surface area contributed by atoms with Gasteiger partial charge in [-0.05, 0) is 37.5 Å². The van der Waals surface area contributed by atoms with E-state index in [0.29, 0.717) is 5.92 Å². The van der Waals surface area contributed by atoms with Crippen LogP contribution in [0.15, 0.2) is 28.6 Å². The monoisotopic (exact) mass is 337 g/mol. The van der Waals surface area contributed by atoms with E-state index < -0.39 is 0 Å². The summed E-state index contributed by atoms with van der Waals surface area (Å²) in [5, 5.41) is 12.5. The highest BCUT2D eigenvalue weighted by atomic mass is 32.2. The molecule has 0 saturated carbocycles. The third-order valence-corrected chi connectivity index (χ3v) is 4.93. The smallest absolute Gasteiger partial charge is 0.210 e. The molecule has 22 heavy (non-hydrogen) atoms. The van der Waals surface area contributed by atoms with E-state index in [9.17, 15) is 0 Å². The summed E-state index contributed by atoms with van der Waals surface area (Å²) >= 11 is 3.25. The van der Waals surface area contributed by atoms with Crippen molar-refractivity contribution in [3.05, 3.63) is 29.8 Å². The molecular formula is C16H23N3OS2. The molecule has 1 N–H and O–H groups in total. The minimum absolute atomic E-state index is 0.279. The number of ether oxygens (including phenoxy) is 1. The van der Waals surface area contributed by atoms with Gasteiger partial charge in [-0.2, -0.15) is 0 Å². The Kier molecular flexibility index (Phi) is 6.67. The molecule has 0 atom stereocenters. The summed E-state index contributed by atoms with van der Waals surface area (Å²) in [5.74, 6) is 1.45. The van der Waals surface area contributed by atoms with Gasteiger partial charge in [-0.1, -0.05) is 49.1 Å². The zero-order valence-electron chi connectivity index (χ0n) is 13.5. The standard InChI is InChI=1S/C16H23N3OS2/c1-11(2)13-5-7-14(8-6-13)17-15-18-19-16(22-15)21-10-9-20-12(3)4/h5-8,11-12H,9-10H2,1-4H3,(H,17,18). The number of rotatable bonds is 8. The predicted octanol–water partition coefficient (Wildman–Crippen LogP) is 4.92. The van der Waals surface area contributed by atoms with Gasteiger partial charge in [0, 0.05) is 11.4 Å². The third kappa shape index (κ3) is 5.59. The van der Waals surface area contributed by atoms with Crippen molar-refractivity contribution >= 4 is 33.9 Å². The van der Waals surface area contributed by atoms with Gasteiger partial charge in [-0.25, -0.2) is 0 Å². The van der Waals surface area contributed by atoms with E-state index in [1.165, 1.54) is 5.56 Å². The van der Waals surface area contributed by atoms with Crippen molar-refractivity contribution < 1.29 is 4.74 Å². The molecular weight excluding hydrogens is 314 g/mol. The summed E-state index contributed by atoms with van der Waals surface area (Å²) < 4.78 is 6.48. The SMILES string of the molecule is CC(C)OCCSc1nnc(Nc2ccc(C(C)C)cc2)s1. The molecule has 0 radical (unpaired) electrons. The minimum atomic E-state index is 0.279. The summed E-state index contributed by atoms with van der Waals surface area (Å²) in [7, 11) is 0. The van der Waals surface area contributed by atoms with Crippen molar-refractivity contribution in [3.8, 4) is 0 Å². The molecule has 4 nitrogen and oxygen atoms in total. The molecule has 0 fully saturated rings. The maximum Gasteiger partial charge on any atom is 0.210 e. The second kappa shape index (κ2) is 8.50. The third-order valence-electron chi connectivity index (χ3n) is 3.00. The van der Waals surface area contributed by atoms with Crippen LogP contribution in [0, 0.1) is 0 Å². The second-order valence-electron chi connectivity index (χ2n) is 5.54. The van der Waals surface area contributed by atoms with Gasteiger partial charge in [-0.15, -0.1) is 10.2 Å². The van der Waals surface area contributed by atoms with Gasteiger partial charge < -0.3 is 10.1 Å². The fourth-order valence-corrected chi connectivity index (χ4v) is 3.48. The van der Waals surface area contributed by atoms with Crippen LogP contribution in [0.3, 0.4) is 0 Å². The Morgan fingerprint density at radius 1 is 1.14 bits per heavy atom. The summed E-state index contributed by atoms with van der Waals surface area (Å²) in [5.41, 5.74) is 2.38. The highest BCUT2D eigenvalue weighted by Gasteiger charge is 2.06. The lowest BCUT2D eigenvalue weighted by molar-refractivity contribution is 0.0920. The van der Waals surface area contributed by atoms with Gasteiger partial charge in [0.1, 0.15) is 0 Å². The molecule has 0 amide bonds. The van der Waals surface area contributed by atoms with Crippen molar-refractivity contribution in [1.29, 1.82) is 0 Å². The summed E-state index contributed by atoms with van der Waals surface area (Å²) in [4.78, 5) is 0. The molecule has 1 heterocycles. The Balaban J connectivity index is 1.83. The van der Waals surface area contributed by atoms with E-state index in [1.807, 2.05) is 13.8 Å². The van der Waals surface area contributed by atoms with E-state index in [2.05, 4.69) is 53.6 Å². The second-order valence-corrected chi connectivity index (χ2v) is 7.86. The van der Waals surface area contributed by atoms with Crippen LogP contribution in [-0.4, -0.2) is 28.7 Å². The molecule has 0 spiro atoms. The molecule has 120 valence electrons. The summed E-state index contributed by atoms with van der Waals surface area (Å²) in [6, 6.07) is 8.46. The zero-order valence-corrected chi connectivity index (χ0v) is 15.1. The van der Waals surface area contributed by atoms with E-state index >= 15 is 0 Å². The van der Waals surface area contributed by atoms with E-state index in [-0.39, 0.29) is 6.10 Å². The first kappa shape index (κ1) is 17.2. The first-order valence-corrected chi connectivity index (χ1v) is 9.29. The molecule has 6 heteroatoms.